The number of methoxy groups -OCH3 is 1. The Bertz CT molecular complexity index is 713. The summed E-state index contributed by atoms with van der Waals surface area (Å²) in [7, 11) is 1.65. The van der Waals surface area contributed by atoms with Crippen molar-refractivity contribution in [3.8, 4) is 11.5 Å². The van der Waals surface area contributed by atoms with E-state index in [1.54, 1.807) is 7.11 Å². The molecular formula is C21H27ClN2O3. The van der Waals surface area contributed by atoms with Crippen molar-refractivity contribution in [1.82, 2.24) is 10.6 Å². The maximum atomic E-state index is 12.8. The SMILES string of the molecule is COCC1(C(=O)NCc2cccc(Oc3ccccc3)c2)CCNCC1.Cl. The van der Waals surface area contributed by atoms with Crippen LogP contribution in [0, 0.1) is 5.41 Å². The number of rotatable bonds is 7. The second-order valence-corrected chi connectivity index (χ2v) is 6.71. The van der Waals surface area contributed by atoms with Crippen molar-refractivity contribution in [2.24, 2.45) is 5.41 Å². The minimum absolute atomic E-state index is 0. The molecule has 5 nitrogen and oxygen atoms in total. The number of carbonyl (C=O) groups excluding carboxylic acids is 1. The van der Waals surface area contributed by atoms with Crippen LogP contribution in [-0.4, -0.2) is 32.7 Å². The number of ether oxygens (including phenoxy) is 2. The number of hydrogen-bond donors (Lipinski definition) is 2. The minimum Gasteiger partial charge on any atom is -0.457 e. The van der Waals surface area contributed by atoms with Gasteiger partial charge >= 0.3 is 0 Å². The third-order valence-electron chi connectivity index (χ3n) is 4.79. The molecule has 0 radical (unpaired) electrons. The fraction of sp³-hybridized carbons (Fsp3) is 0.381. The Hall–Kier alpha value is -2.08. The molecule has 6 heteroatoms. The van der Waals surface area contributed by atoms with Gasteiger partial charge in [-0.3, -0.25) is 4.79 Å². The predicted octanol–water partition coefficient (Wildman–Crippen LogP) is 3.53. The lowest BCUT2D eigenvalue weighted by Crippen LogP contribution is -2.49. The lowest BCUT2D eigenvalue weighted by molar-refractivity contribution is -0.136. The molecule has 2 aromatic rings. The Balaban J connectivity index is 0.00000261. The van der Waals surface area contributed by atoms with E-state index < -0.39 is 5.41 Å². The number of para-hydroxylation sites is 1. The van der Waals surface area contributed by atoms with Crippen LogP contribution in [0.3, 0.4) is 0 Å². The first-order valence-electron chi connectivity index (χ1n) is 9.02. The smallest absolute Gasteiger partial charge is 0.228 e. The molecule has 146 valence electrons. The standard InChI is InChI=1S/C21H26N2O3.ClH/c1-25-16-21(10-12-22-13-11-21)20(24)23-15-17-6-5-9-19(14-17)26-18-7-3-2-4-8-18;/h2-9,14,22H,10-13,15-16H2,1H3,(H,23,24);1H. The van der Waals surface area contributed by atoms with Crippen LogP contribution in [0.4, 0.5) is 0 Å². The van der Waals surface area contributed by atoms with Gasteiger partial charge in [-0.15, -0.1) is 12.4 Å². The van der Waals surface area contributed by atoms with Crippen molar-refractivity contribution in [2.75, 3.05) is 26.8 Å². The van der Waals surface area contributed by atoms with Crippen molar-refractivity contribution in [3.05, 3.63) is 60.2 Å². The van der Waals surface area contributed by atoms with E-state index >= 15 is 0 Å². The summed E-state index contributed by atoms with van der Waals surface area (Å²) in [6, 6.07) is 17.5. The number of benzene rings is 2. The molecule has 0 saturated carbocycles. The number of carbonyl (C=O) groups is 1. The summed E-state index contributed by atoms with van der Waals surface area (Å²) < 4.78 is 11.2. The molecule has 0 atom stereocenters. The Kier molecular flexibility index (Phi) is 8.10. The Morgan fingerprint density at radius 3 is 2.48 bits per heavy atom. The van der Waals surface area contributed by atoms with Crippen LogP contribution in [0.25, 0.3) is 0 Å². The van der Waals surface area contributed by atoms with Gasteiger partial charge in [-0.25, -0.2) is 0 Å². The van der Waals surface area contributed by atoms with Gasteiger partial charge in [0.05, 0.1) is 12.0 Å². The zero-order chi connectivity index (χ0) is 18.2. The summed E-state index contributed by atoms with van der Waals surface area (Å²) in [5.41, 5.74) is 0.575. The fourth-order valence-corrected chi connectivity index (χ4v) is 3.33. The van der Waals surface area contributed by atoms with Crippen LogP contribution in [-0.2, 0) is 16.1 Å². The van der Waals surface area contributed by atoms with E-state index in [2.05, 4.69) is 10.6 Å². The lowest BCUT2D eigenvalue weighted by Gasteiger charge is -2.35. The minimum atomic E-state index is -0.432. The highest BCUT2D eigenvalue weighted by molar-refractivity contribution is 5.85. The first-order valence-corrected chi connectivity index (χ1v) is 9.02. The summed E-state index contributed by atoms with van der Waals surface area (Å²) in [5, 5.41) is 6.39. The van der Waals surface area contributed by atoms with Crippen LogP contribution < -0.4 is 15.4 Å². The molecule has 0 aromatic heterocycles. The quantitative estimate of drug-likeness (QED) is 0.759. The molecule has 2 N–H and O–H groups in total. The normalized spacial score (nSPS) is 15.4. The number of halogens is 1. The van der Waals surface area contributed by atoms with E-state index in [0.717, 1.165) is 43.0 Å². The zero-order valence-electron chi connectivity index (χ0n) is 15.6. The summed E-state index contributed by atoms with van der Waals surface area (Å²) in [5.74, 6) is 1.62. The number of hydrogen-bond acceptors (Lipinski definition) is 4. The molecule has 0 spiro atoms. The average Bonchev–Trinajstić information content (AvgIpc) is 2.68. The monoisotopic (exact) mass is 390 g/mol. The van der Waals surface area contributed by atoms with Gasteiger partial charge in [0.15, 0.2) is 0 Å². The molecule has 27 heavy (non-hydrogen) atoms. The summed E-state index contributed by atoms with van der Waals surface area (Å²) in [6.45, 7) is 2.62. The molecule has 0 bridgehead atoms. The van der Waals surface area contributed by atoms with Crippen molar-refractivity contribution >= 4 is 18.3 Å². The second kappa shape index (κ2) is 10.3. The highest BCUT2D eigenvalue weighted by Crippen LogP contribution is 2.29. The summed E-state index contributed by atoms with van der Waals surface area (Å²) >= 11 is 0. The zero-order valence-corrected chi connectivity index (χ0v) is 16.4. The van der Waals surface area contributed by atoms with E-state index in [0.29, 0.717) is 13.2 Å². The largest absolute Gasteiger partial charge is 0.457 e. The molecule has 1 aliphatic heterocycles. The molecular weight excluding hydrogens is 364 g/mol. The van der Waals surface area contributed by atoms with Crippen molar-refractivity contribution in [3.63, 3.8) is 0 Å². The molecule has 1 heterocycles. The topological polar surface area (TPSA) is 59.6 Å². The van der Waals surface area contributed by atoms with Crippen LogP contribution >= 0.6 is 12.4 Å². The highest BCUT2D eigenvalue weighted by Gasteiger charge is 2.39. The Morgan fingerprint density at radius 1 is 1.07 bits per heavy atom. The Morgan fingerprint density at radius 2 is 1.78 bits per heavy atom. The van der Waals surface area contributed by atoms with Gasteiger partial charge < -0.3 is 20.1 Å². The van der Waals surface area contributed by atoms with E-state index in [4.69, 9.17) is 9.47 Å². The molecule has 0 unspecified atom stereocenters. The molecule has 1 fully saturated rings. The van der Waals surface area contributed by atoms with Crippen LogP contribution in [0.1, 0.15) is 18.4 Å². The van der Waals surface area contributed by atoms with E-state index in [9.17, 15) is 4.79 Å². The van der Waals surface area contributed by atoms with Gasteiger partial charge in [0, 0.05) is 13.7 Å². The maximum Gasteiger partial charge on any atom is 0.228 e. The molecule has 2 aromatic carbocycles. The fourth-order valence-electron chi connectivity index (χ4n) is 3.33. The first-order chi connectivity index (χ1) is 12.7. The van der Waals surface area contributed by atoms with Gasteiger partial charge in [-0.2, -0.15) is 0 Å². The van der Waals surface area contributed by atoms with Crippen LogP contribution in [0.15, 0.2) is 54.6 Å². The van der Waals surface area contributed by atoms with Gasteiger partial charge in [0.25, 0.3) is 0 Å². The maximum absolute atomic E-state index is 12.8. The van der Waals surface area contributed by atoms with Gasteiger partial charge in [-0.05, 0) is 55.8 Å². The second-order valence-electron chi connectivity index (χ2n) is 6.71. The summed E-state index contributed by atoms with van der Waals surface area (Å²) in [4.78, 5) is 12.8. The Labute approximate surface area is 166 Å². The molecule has 3 rings (SSSR count). The number of amides is 1. The van der Waals surface area contributed by atoms with Gasteiger partial charge in [0.1, 0.15) is 11.5 Å². The summed E-state index contributed by atoms with van der Waals surface area (Å²) in [6.07, 6.45) is 1.59. The van der Waals surface area contributed by atoms with Crippen LogP contribution in [0.5, 0.6) is 11.5 Å². The van der Waals surface area contributed by atoms with E-state index in [-0.39, 0.29) is 18.3 Å². The number of piperidine rings is 1. The highest BCUT2D eigenvalue weighted by atomic mass is 35.5. The molecule has 1 saturated heterocycles. The van der Waals surface area contributed by atoms with Gasteiger partial charge in [0.2, 0.25) is 5.91 Å². The molecule has 1 amide bonds. The molecule has 0 aliphatic carbocycles. The van der Waals surface area contributed by atoms with Crippen molar-refractivity contribution < 1.29 is 14.3 Å². The predicted molar refractivity (Wildman–Crippen MR) is 108 cm³/mol. The van der Waals surface area contributed by atoms with E-state index in [1.165, 1.54) is 0 Å². The first kappa shape index (κ1) is 21.2. The van der Waals surface area contributed by atoms with E-state index in [1.807, 2.05) is 54.6 Å². The van der Waals surface area contributed by atoms with Gasteiger partial charge in [-0.1, -0.05) is 30.3 Å². The van der Waals surface area contributed by atoms with Crippen molar-refractivity contribution in [1.29, 1.82) is 0 Å². The third-order valence-corrected chi connectivity index (χ3v) is 4.79. The molecule has 1 aliphatic rings. The number of nitrogens with one attached hydrogen (secondary N) is 2. The average molecular weight is 391 g/mol. The van der Waals surface area contributed by atoms with Crippen LogP contribution in [0.2, 0.25) is 0 Å². The third kappa shape index (κ3) is 5.70. The lowest BCUT2D eigenvalue weighted by atomic mass is 9.78. The van der Waals surface area contributed by atoms with Crippen molar-refractivity contribution in [2.45, 2.75) is 19.4 Å².